The SMILES string of the molecule is Cc1c(NC(=O)Cn2ccc(=O)[nH]c2=O)c(=O)n(-c2ccccc2)n1C. The van der Waals surface area contributed by atoms with E-state index in [2.05, 4.69) is 10.3 Å². The Morgan fingerprint density at radius 3 is 2.46 bits per heavy atom. The number of aromatic amines is 1. The minimum atomic E-state index is -0.695. The average Bonchev–Trinajstić information content (AvgIpc) is 2.82. The summed E-state index contributed by atoms with van der Waals surface area (Å²) in [7, 11) is 1.71. The molecule has 0 saturated heterocycles. The molecule has 0 unspecified atom stereocenters. The van der Waals surface area contributed by atoms with E-state index < -0.39 is 17.2 Å². The zero-order valence-electron chi connectivity index (χ0n) is 14.2. The van der Waals surface area contributed by atoms with Gasteiger partial charge in [-0.15, -0.1) is 0 Å². The number of anilines is 1. The second-order valence-corrected chi connectivity index (χ2v) is 5.72. The largest absolute Gasteiger partial charge is 0.328 e. The minimum absolute atomic E-state index is 0.138. The van der Waals surface area contributed by atoms with E-state index >= 15 is 0 Å². The lowest BCUT2D eigenvalue weighted by molar-refractivity contribution is -0.116. The van der Waals surface area contributed by atoms with Crippen LogP contribution in [-0.4, -0.2) is 24.8 Å². The van der Waals surface area contributed by atoms with E-state index in [1.807, 2.05) is 18.2 Å². The Morgan fingerprint density at radius 1 is 1.12 bits per heavy atom. The molecule has 9 nitrogen and oxygen atoms in total. The Balaban J connectivity index is 1.91. The highest BCUT2D eigenvalue weighted by Crippen LogP contribution is 2.13. The fraction of sp³-hybridized carbons (Fsp3) is 0.176. The topological polar surface area (TPSA) is 111 Å². The van der Waals surface area contributed by atoms with E-state index in [0.717, 1.165) is 10.6 Å². The van der Waals surface area contributed by atoms with Crippen molar-refractivity contribution in [1.82, 2.24) is 18.9 Å². The van der Waals surface area contributed by atoms with Crippen molar-refractivity contribution in [1.29, 1.82) is 0 Å². The molecule has 2 heterocycles. The molecule has 0 fully saturated rings. The standard InChI is InChI=1S/C17H17N5O4/c1-11-15(16(25)22(20(11)2)12-6-4-3-5-7-12)18-14(24)10-21-9-8-13(23)19-17(21)26/h3-9H,10H2,1-2H3,(H,18,24)(H,19,23,26). The van der Waals surface area contributed by atoms with Gasteiger partial charge in [0.15, 0.2) is 0 Å². The number of carbonyl (C=O) groups is 1. The van der Waals surface area contributed by atoms with Crippen molar-refractivity contribution in [3.05, 3.63) is 79.5 Å². The predicted molar refractivity (Wildman–Crippen MR) is 95.7 cm³/mol. The van der Waals surface area contributed by atoms with Crippen LogP contribution in [0.15, 0.2) is 57.0 Å². The van der Waals surface area contributed by atoms with E-state index in [1.54, 1.807) is 30.8 Å². The first-order valence-corrected chi connectivity index (χ1v) is 7.82. The van der Waals surface area contributed by atoms with Crippen molar-refractivity contribution in [3.8, 4) is 5.69 Å². The lowest BCUT2D eigenvalue weighted by atomic mass is 10.3. The summed E-state index contributed by atoms with van der Waals surface area (Å²) < 4.78 is 4.13. The van der Waals surface area contributed by atoms with Crippen LogP contribution >= 0.6 is 0 Å². The maximum absolute atomic E-state index is 12.7. The molecule has 3 aromatic rings. The molecule has 0 atom stereocenters. The van der Waals surface area contributed by atoms with Gasteiger partial charge in [0.05, 0.1) is 11.4 Å². The van der Waals surface area contributed by atoms with Gasteiger partial charge in [0.2, 0.25) is 5.91 Å². The van der Waals surface area contributed by atoms with E-state index in [1.165, 1.54) is 10.9 Å². The first-order chi connectivity index (χ1) is 12.4. The lowest BCUT2D eigenvalue weighted by Crippen LogP contribution is -2.33. The molecule has 1 aromatic carbocycles. The summed E-state index contributed by atoms with van der Waals surface area (Å²) in [6.07, 6.45) is 1.22. The minimum Gasteiger partial charge on any atom is -0.318 e. The summed E-state index contributed by atoms with van der Waals surface area (Å²) in [6.45, 7) is 1.39. The Hall–Kier alpha value is -3.62. The fourth-order valence-electron chi connectivity index (χ4n) is 2.61. The van der Waals surface area contributed by atoms with Gasteiger partial charge < -0.3 is 5.32 Å². The van der Waals surface area contributed by atoms with Crippen molar-refractivity contribution in [2.24, 2.45) is 7.05 Å². The number of benzene rings is 1. The molecule has 2 N–H and O–H groups in total. The van der Waals surface area contributed by atoms with Crippen molar-refractivity contribution in [2.75, 3.05) is 5.32 Å². The van der Waals surface area contributed by atoms with Gasteiger partial charge in [0.25, 0.3) is 11.1 Å². The van der Waals surface area contributed by atoms with Gasteiger partial charge >= 0.3 is 5.69 Å². The zero-order valence-corrected chi connectivity index (χ0v) is 14.2. The lowest BCUT2D eigenvalue weighted by Gasteiger charge is -2.07. The zero-order chi connectivity index (χ0) is 18.8. The molecule has 0 aliphatic heterocycles. The first-order valence-electron chi connectivity index (χ1n) is 7.82. The molecule has 0 bridgehead atoms. The number of amides is 1. The van der Waals surface area contributed by atoms with Crippen LogP contribution in [0.3, 0.4) is 0 Å². The van der Waals surface area contributed by atoms with Gasteiger partial charge in [-0.3, -0.25) is 28.6 Å². The second kappa shape index (κ2) is 6.71. The van der Waals surface area contributed by atoms with Crippen LogP contribution in [0.4, 0.5) is 5.69 Å². The number of aromatic nitrogens is 4. The fourth-order valence-corrected chi connectivity index (χ4v) is 2.61. The van der Waals surface area contributed by atoms with Crippen molar-refractivity contribution < 1.29 is 4.79 Å². The molecule has 0 radical (unpaired) electrons. The molecule has 0 saturated carbocycles. The summed E-state index contributed by atoms with van der Waals surface area (Å²) in [5, 5.41) is 2.55. The molecule has 3 rings (SSSR count). The highest BCUT2D eigenvalue weighted by atomic mass is 16.2. The average molecular weight is 355 g/mol. The molecule has 134 valence electrons. The van der Waals surface area contributed by atoms with Gasteiger partial charge in [-0.2, -0.15) is 0 Å². The molecule has 9 heteroatoms. The third kappa shape index (κ3) is 3.14. The highest BCUT2D eigenvalue weighted by Gasteiger charge is 2.18. The maximum Gasteiger partial charge on any atom is 0.328 e. The Kier molecular flexibility index (Phi) is 4.44. The first kappa shape index (κ1) is 17.2. The van der Waals surface area contributed by atoms with Crippen LogP contribution in [0.5, 0.6) is 0 Å². The van der Waals surface area contributed by atoms with Gasteiger partial charge in [-0.05, 0) is 19.1 Å². The maximum atomic E-state index is 12.7. The van der Waals surface area contributed by atoms with E-state index in [9.17, 15) is 19.2 Å². The Labute approximate surface area is 147 Å². The van der Waals surface area contributed by atoms with Crippen LogP contribution in [0.2, 0.25) is 0 Å². The molecule has 0 spiro atoms. The van der Waals surface area contributed by atoms with Gasteiger partial charge in [-0.25, -0.2) is 9.48 Å². The summed E-state index contributed by atoms with van der Waals surface area (Å²) in [6, 6.07) is 10.2. The number of nitrogens with zero attached hydrogens (tertiary/aromatic N) is 3. The molecule has 2 aromatic heterocycles. The summed E-state index contributed by atoms with van der Waals surface area (Å²) >= 11 is 0. The quantitative estimate of drug-likeness (QED) is 0.685. The van der Waals surface area contributed by atoms with Crippen molar-refractivity contribution in [3.63, 3.8) is 0 Å². The molecular formula is C17H17N5O4. The number of hydrogen-bond donors (Lipinski definition) is 2. The number of para-hydroxylation sites is 1. The van der Waals surface area contributed by atoms with E-state index in [0.29, 0.717) is 11.4 Å². The third-order valence-corrected chi connectivity index (χ3v) is 4.03. The smallest absolute Gasteiger partial charge is 0.318 e. The number of rotatable bonds is 4. The normalized spacial score (nSPS) is 10.7. The number of nitrogens with one attached hydrogen (secondary N) is 2. The molecular weight excluding hydrogens is 338 g/mol. The van der Waals surface area contributed by atoms with E-state index in [-0.39, 0.29) is 17.8 Å². The summed E-state index contributed by atoms with van der Waals surface area (Å²) in [5.41, 5.74) is -0.242. The molecule has 0 aliphatic carbocycles. The van der Waals surface area contributed by atoms with Gasteiger partial charge in [0, 0.05) is 19.3 Å². The van der Waals surface area contributed by atoms with Crippen LogP contribution < -0.4 is 22.1 Å². The highest BCUT2D eigenvalue weighted by molar-refractivity contribution is 5.91. The van der Waals surface area contributed by atoms with Crippen molar-refractivity contribution >= 4 is 11.6 Å². The van der Waals surface area contributed by atoms with Crippen molar-refractivity contribution in [2.45, 2.75) is 13.5 Å². The summed E-state index contributed by atoms with van der Waals surface area (Å²) in [5.74, 6) is -0.551. The number of H-pyrrole nitrogens is 1. The Bertz CT molecular complexity index is 1130. The molecule has 0 aliphatic rings. The van der Waals surface area contributed by atoms with Crippen LogP contribution in [0.25, 0.3) is 5.69 Å². The predicted octanol–water partition coefficient (Wildman–Crippen LogP) is -0.0269. The number of hydrogen-bond acceptors (Lipinski definition) is 4. The van der Waals surface area contributed by atoms with Gasteiger partial charge in [-0.1, -0.05) is 18.2 Å². The van der Waals surface area contributed by atoms with Crippen LogP contribution in [-0.2, 0) is 18.4 Å². The van der Waals surface area contributed by atoms with Gasteiger partial charge in [0.1, 0.15) is 12.2 Å². The van der Waals surface area contributed by atoms with Crippen LogP contribution in [0, 0.1) is 6.92 Å². The Morgan fingerprint density at radius 2 is 1.81 bits per heavy atom. The second-order valence-electron chi connectivity index (χ2n) is 5.72. The third-order valence-electron chi connectivity index (χ3n) is 4.03. The number of carbonyl (C=O) groups excluding carboxylic acids is 1. The molecule has 26 heavy (non-hydrogen) atoms. The summed E-state index contributed by atoms with van der Waals surface area (Å²) in [4.78, 5) is 49.8. The van der Waals surface area contributed by atoms with E-state index in [4.69, 9.17) is 0 Å². The monoisotopic (exact) mass is 355 g/mol. The van der Waals surface area contributed by atoms with Crippen LogP contribution in [0.1, 0.15) is 5.69 Å². The molecule has 1 amide bonds.